The van der Waals surface area contributed by atoms with Crippen molar-refractivity contribution < 1.29 is 17.9 Å². The molecule has 0 spiro atoms. The van der Waals surface area contributed by atoms with E-state index in [0.29, 0.717) is 18.4 Å². The SMILES string of the molecule is CCN1C=CC=NC=C1C1=CCC(c2ccc(F)cc2)C2=c3ccc4c(c3C(=O)C=C12)C(C)C=CC=4CCS(=O)[O-]. The van der Waals surface area contributed by atoms with Gasteiger partial charge >= 0.3 is 0 Å². The fraction of sp³-hybridized carbons (Fsp3) is 0.235. The van der Waals surface area contributed by atoms with Gasteiger partial charge in [0.2, 0.25) is 0 Å². The molecule has 7 heteroatoms. The first-order valence-corrected chi connectivity index (χ1v) is 15.2. The lowest BCUT2D eigenvalue weighted by atomic mass is 9.71. The minimum absolute atomic E-state index is 0.0107. The van der Waals surface area contributed by atoms with Crippen molar-refractivity contribution in [3.8, 4) is 0 Å². The Morgan fingerprint density at radius 2 is 1.90 bits per heavy atom. The summed E-state index contributed by atoms with van der Waals surface area (Å²) in [4.78, 5) is 20.7. The van der Waals surface area contributed by atoms with Crippen LogP contribution in [0.25, 0.3) is 11.1 Å². The minimum atomic E-state index is -2.15. The molecule has 0 radical (unpaired) electrons. The van der Waals surface area contributed by atoms with Gasteiger partial charge in [-0.25, -0.2) is 4.39 Å². The van der Waals surface area contributed by atoms with Crippen LogP contribution < -0.4 is 10.4 Å². The quantitative estimate of drug-likeness (QED) is 0.459. The highest BCUT2D eigenvalue weighted by molar-refractivity contribution is 7.79. The summed E-state index contributed by atoms with van der Waals surface area (Å²) in [5.41, 5.74) is 7.31. The average molecular weight is 566 g/mol. The number of fused-ring (bicyclic) bond motifs is 4. The van der Waals surface area contributed by atoms with Crippen LogP contribution in [0.5, 0.6) is 0 Å². The zero-order chi connectivity index (χ0) is 28.7. The molecule has 3 aliphatic carbocycles. The van der Waals surface area contributed by atoms with Gasteiger partial charge in [-0.2, -0.15) is 0 Å². The summed E-state index contributed by atoms with van der Waals surface area (Å²) in [6.07, 6.45) is 16.5. The summed E-state index contributed by atoms with van der Waals surface area (Å²) in [7, 11) is 0. The second-order valence-corrected chi connectivity index (χ2v) is 11.6. The third-order valence-electron chi connectivity index (χ3n) is 8.30. The predicted octanol–water partition coefficient (Wildman–Crippen LogP) is 5.07. The summed E-state index contributed by atoms with van der Waals surface area (Å²) in [5, 5.41) is 1.82. The van der Waals surface area contributed by atoms with E-state index in [2.05, 4.69) is 29.8 Å². The van der Waals surface area contributed by atoms with Crippen LogP contribution in [0.15, 0.2) is 101 Å². The van der Waals surface area contributed by atoms with Crippen LogP contribution in [0, 0.1) is 5.82 Å². The Morgan fingerprint density at radius 1 is 1.12 bits per heavy atom. The summed E-state index contributed by atoms with van der Waals surface area (Å²) >= 11 is -2.15. The van der Waals surface area contributed by atoms with Crippen LogP contribution in [-0.4, -0.2) is 38.0 Å². The van der Waals surface area contributed by atoms with E-state index in [9.17, 15) is 17.9 Å². The van der Waals surface area contributed by atoms with Crippen LogP contribution >= 0.6 is 0 Å². The van der Waals surface area contributed by atoms with Crippen molar-refractivity contribution in [3.63, 3.8) is 0 Å². The fourth-order valence-electron chi connectivity index (χ4n) is 6.41. The van der Waals surface area contributed by atoms with Crippen LogP contribution in [0.3, 0.4) is 0 Å². The number of likely N-dealkylation sites (N-methyl/N-ethyl adjacent to an activating group) is 1. The molecule has 0 saturated carbocycles. The highest BCUT2D eigenvalue weighted by Gasteiger charge is 2.35. The van der Waals surface area contributed by atoms with Gasteiger partial charge in [-0.1, -0.05) is 60.5 Å². The van der Waals surface area contributed by atoms with Crippen molar-refractivity contribution in [1.82, 2.24) is 4.90 Å². The third-order valence-corrected chi connectivity index (χ3v) is 8.84. The standard InChI is InChI=1S/C34H31FN2O3S/c1-3-37-17-4-16-36-20-30(37)27-13-11-26(22-7-9-24(35)10-8-22)33-28-14-12-25-23(15-18-41(39)40)6-5-21(2)32(25)34(28)31(38)19-29(27)33/h4-10,12-14,16-17,19-21,26H,3,11,15,18H2,1-2H3,(H,39,40)/p-1. The van der Waals surface area contributed by atoms with Gasteiger partial charge in [0.15, 0.2) is 5.78 Å². The van der Waals surface area contributed by atoms with E-state index < -0.39 is 11.1 Å². The average Bonchev–Trinajstić information content (AvgIpc) is 3.22. The highest BCUT2D eigenvalue weighted by atomic mass is 32.2. The lowest BCUT2D eigenvalue weighted by molar-refractivity contribution is 0.104. The molecule has 1 aliphatic heterocycles. The van der Waals surface area contributed by atoms with Gasteiger partial charge in [0, 0.05) is 47.7 Å². The Bertz CT molecular complexity index is 1780. The number of carbonyl (C=O) groups is 1. The highest BCUT2D eigenvalue weighted by Crippen LogP contribution is 2.45. The Morgan fingerprint density at radius 3 is 2.66 bits per heavy atom. The van der Waals surface area contributed by atoms with Crippen molar-refractivity contribution in [2.75, 3.05) is 12.3 Å². The van der Waals surface area contributed by atoms with Crippen LogP contribution in [0.1, 0.15) is 60.0 Å². The smallest absolute Gasteiger partial charge is 0.187 e. The van der Waals surface area contributed by atoms with Crippen molar-refractivity contribution in [1.29, 1.82) is 0 Å². The number of allylic oxidation sites excluding steroid dienone is 6. The summed E-state index contributed by atoms with van der Waals surface area (Å²) in [5.74, 6) is -0.406. The van der Waals surface area contributed by atoms with Gasteiger partial charge in [0.05, 0.1) is 11.9 Å². The molecule has 6 rings (SSSR count). The van der Waals surface area contributed by atoms with Gasteiger partial charge in [0.1, 0.15) is 5.82 Å². The van der Waals surface area contributed by atoms with Crippen molar-refractivity contribution in [2.24, 2.45) is 4.99 Å². The second kappa shape index (κ2) is 11.1. The van der Waals surface area contributed by atoms with E-state index in [-0.39, 0.29) is 29.2 Å². The number of carbonyl (C=O) groups excluding carboxylic acids is 1. The second-order valence-electron chi connectivity index (χ2n) is 10.6. The first-order chi connectivity index (χ1) is 19.9. The monoisotopic (exact) mass is 565 g/mol. The molecule has 0 N–H and O–H groups in total. The molecular formula is C34H30FN2O3S-. The van der Waals surface area contributed by atoms with E-state index in [0.717, 1.165) is 56.1 Å². The molecule has 3 atom stereocenters. The Balaban J connectivity index is 1.63. The molecule has 0 fully saturated rings. The maximum Gasteiger partial charge on any atom is 0.187 e. The molecular weight excluding hydrogens is 535 g/mol. The molecule has 0 aromatic heterocycles. The molecule has 1 heterocycles. The maximum atomic E-state index is 14.1. The minimum Gasteiger partial charge on any atom is -0.772 e. The lowest BCUT2D eigenvalue weighted by Gasteiger charge is -2.35. The lowest BCUT2D eigenvalue weighted by Crippen LogP contribution is -2.35. The summed E-state index contributed by atoms with van der Waals surface area (Å²) in [6.45, 7) is 4.88. The largest absolute Gasteiger partial charge is 0.772 e. The van der Waals surface area contributed by atoms with Crippen LogP contribution in [0.4, 0.5) is 4.39 Å². The number of hydrogen-bond acceptors (Lipinski definition) is 5. The topological polar surface area (TPSA) is 72.8 Å². The Labute approximate surface area is 241 Å². The van der Waals surface area contributed by atoms with Gasteiger partial charge in [-0.3, -0.25) is 14.0 Å². The number of aliphatic imine (C=N–C) groups is 1. The molecule has 2 aromatic carbocycles. The normalized spacial score (nSPS) is 21.9. The molecule has 0 saturated heterocycles. The van der Waals surface area contributed by atoms with E-state index in [1.165, 1.54) is 12.1 Å². The first kappa shape index (κ1) is 27.2. The molecule has 41 heavy (non-hydrogen) atoms. The number of benzene rings is 2. The van der Waals surface area contributed by atoms with Gasteiger partial charge in [-0.15, -0.1) is 0 Å². The van der Waals surface area contributed by atoms with E-state index in [1.54, 1.807) is 12.3 Å². The summed E-state index contributed by atoms with van der Waals surface area (Å²) in [6, 6.07) is 10.7. The summed E-state index contributed by atoms with van der Waals surface area (Å²) < 4.78 is 36.6. The molecule has 3 unspecified atom stereocenters. The Kier molecular flexibility index (Phi) is 7.41. The van der Waals surface area contributed by atoms with Crippen molar-refractivity contribution in [3.05, 3.63) is 129 Å². The Hall–Kier alpha value is -3.94. The molecule has 5 nitrogen and oxygen atoms in total. The number of halogens is 1. The number of hydrogen-bond donors (Lipinski definition) is 0. The van der Waals surface area contributed by atoms with Crippen molar-refractivity contribution >= 4 is 34.2 Å². The van der Waals surface area contributed by atoms with Gasteiger partial charge in [0.25, 0.3) is 0 Å². The van der Waals surface area contributed by atoms with Gasteiger partial charge < -0.3 is 9.45 Å². The molecule has 0 bridgehead atoms. The fourth-order valence-corrected chi connectivity index (χ4v) is 6.80. The van der Waals surface area contributed by atoms with E-state index in [1.807, 2.05) is 54.9 Å². The molecule has 0 amide bonds. The third kappa shape index (κ3) is 4.94. The zero-order valence-electron chi connectivity index (χ0n) is 23.0. The van der Waals surface area contributed by atoms with Crippen molar-refractivity contribution in [2.45, 2.75) is 38.5 Å². The number of ketones is 1. The van der Waals surface area contributed by atoms with E-state index >= 15 is 0 Å². The number of nitrogens with zero attached hydrogens (tertiary/aromatic N) is 2. The zero-order valence-corrected chi connectivity index (χ0v) is 23.8. The van der Waals surface area contributed by atoms with Crippen LogP contribution in [0.2, 0.25) is 0 Å². The van der Waals surface area contributed by atoms with Crippen LogP contribution in [-0.2, 0) is 11.1 Å². The predicted molar refractivity (Wildman–Crippen MR) is 161 cm³/mol. The number of rotatable bonds is 6. The molecule has 4 aliphatic rings. The van der Waals surface area contributed by atoms with Gasteiger partial charge in [-0.05, 0) is 82.3 Å². The van der Waals surface area contributed by atoms with E-state index in [4.69, 9.17) is 0 Å². The maximum absolute atomic E-state index is 14.1. The first-order valence-electron chi connectivity index (χ1n) is 13.9. The molecule has 2 aromatic rings. The molecule has 208 valence electrons.